The first-order valence-corrected chi connectivity index (χ1v) is 22.8. The molecular formula is C17H38O6SSi5. The highest BCUT2D eigenvalue weighted by Crippen LogP contribution is 2.35. The maximum atomic E-state index is 6.25. The summed E-state index contributed by atoms with van der Waals surface area (Å²) in [6, 6.07) is 1.16. The molecule has 2 saturated heterocycles. The van der Waals surface area contributed by atoms with Gasteiger partial charge in [0.15, 0.2) is 0 Å². The van der Waals surface area contributed by atoms with Crippen LogP contribution < -0.4 is 0 Å². The molecular weight excluding hydrogens is 473 g/mol. The number of hydrogen-bond acceptors (Lipinski definition) is 7. The van der Waals surface area contributed by atoms with Crippen molar-refractivity contribution in [2.45, 2.75) is 38.7 Å². The van der Waals surface area contributed by atoms with Crippen molar-refractivity contribution in [3.63, 3.8) is 0 Å². The summed E-state index contributed by atoms with van der Waals surface area (Å²) in [5, 5.41) is 0. The van der Waals surface area contributed by atoms with Gasteiger partial charge in [-0.15, -0.1) is 37.5 Å². The highest BCUT2D eigenvalue weighted by molar-refractivity contribution is 8.27. The van der Waals surface area contributed by atoms with Crippen LogP contribution in [0.1, 0.15) is 7.85 Å². The molecule has 29 heavy (non-hydrogen) atoms. The molecule has 12 heteroatoms. The largest absolute Gasteiger partial charge is 0.410 e. The Morgan fingerprint density at radius 3 is 1.17 bits per heavy atom. The third kappa shape index (κ3) is 7.36. The van der Waals surface area contributed by atoms with E-state index in [9.17, 15) is 0 Å². The fourth-order valence-corrected chi connectivity index (χ4v) is 26.1. The van der Waals surface area contributed by atoms with E-state index < -0.39 is 42.0 Å². The van der Waals surface area contributed by atoms with Crippen molar-refractivity contribution in [2.24, 2.45) is 0 Å². The molecule has 0 spiro atoms. The molecule has 0 aromatic heterocycles. The Hall–Kier alpha value is 0.154. The highest BCUT2D eigenvalue weighted by atomic mass is 32.4. The van der Waals surface area contributed by atoms with E-state index in [1.165, 1.54) is 12.2 Å². The predicted octanol–water partition coefficient (Wildman–Crippen LogP) is 4.86. The van der Waals surface area contributed by atoms with E-state index in [0.717, 1.165) is 6.04 Å². The molecule has 2 aliphatic heterocycles. The fraction of sp³-hybridized carbons (Fsp3) is 0.529. The first kappa shape index (κ1) is 27.2. The van der Waals surface area contributed by atoms with Gasteiger partial charge in [-0.25, -0.2) is 0 Å². The zero-order chi connectivity index (χ0) is 22.4. The lowest BCUT2D eigenvalue weighted by Crippen LogP contribution is -2.65. The zero-order valence-corrected chi connectivity index (χ0v) is 24.4. The van der Waals surface area contributed by atoms with Gasteiger partial charge in [-0.3, -0.25) is 0 Å². The summed E-state index contributed by atoms with van der Waals surface area (Å²) < 4.78 is 35.7. The lowest BCUT2D eigenvalue weighted by Gasteiger charge is -2.46. The first-order chi connectivity index (χ1) is 13.4. The molecule has 0 atom stereocenters. The van der Waals surface area contributed by atoms with Crippen molar-refractivity contribution in [2.75, 3.05) is 20.0 Å². The van der Waals surface area contributed by atoms with Gasteiger partial charge in [-0.1, -0.05) is 22.8 Å². The standard InChI is InChI=1S/C12H24O4Si4.C5H12O2SSi.H2/c1-9-17(5)13-18(6,10-2)15-20(8,12-4)16-19(7,11-3)14-17;1-6-9(7-2)5-3-4-8-9;/h9-12H,1-4H2,5-8H3;3-5H2,1-2H3;1H/i;;1+1. The second-order valence-corrected chi connectivity index (χ2v) is 26.5. The smallest absolute Gasteiger partial charge is 0.405 e. The summed E-state index contributed by atoms with van der Waals surface area (Å²) in [5.74, 6) is 1.22. The molecule has 168 valence electrons. The van der Waals surface area contributed by atoms with Crippen LogP contribution in [-0.4, -0.2) is 61.9 Å². The average molecular weight is 512 g/mol. The van der Waals surface area contributed by atoms with Crippen LogP contribution >= 0.6 is 11.2 Å². The maximum absolute atomic E-state index is 6.25. The molecule has 2 heterocycles. The van der Waals surface area contributed by atoms with Crippen LogP contribution in [0.2, 0.25) is 32.2 Å². The van der Waals surface area contributed by atoms with E-state index in [-0.39, 0.29) is 1.43 Å². The third-order valence-electron chi connectivity index (χ3n) is 4.68. The molecule has 0 N–H and O–H groups in total. The summed E-state index contributed by atoms with van der Waals surface area (Å²) in [5.41, 5.74) is 7.01. The van der Waals surface area contributed by atoms with Gasteiger partial charge in [0.25, 0.3) is 0 Å². The summed E-state index contributed by atoms with van der Waals surface area (Å²) in [4.78, 5) is 0. The summed E-state index contributed by atoms with van der Waals surface area (Å²) in [6.07, 6.45) is 1.26. The molecule has 0 aliphatic carbocycles. The second-order valence-electron chi connectivity index (χ2n) is 7.33. The maximum Gasteiger partial charge on any atom is 0.405 e. The molecule has 0 radical (unpaired) electrons. The Labute approximate surface area is 187 Å². The van der Waals surface area contributed by atoms with Gasteiger partial charge in [0, 0.05) is 21.7 Å². The van der Waals surface area contributed by atoms with E-state index in [1.807, 2.05) is 37.4 Å². The zero-order valence-electron chi connectivity index (χ0n) is 18.6. The van der Waals surface area contributed by atoms with E-state index in [0.29, 0.717) is 0 Å². The number of rotatable bonds is 6. The minimum absolute atomic E-state index is 0. The van der Waals surface area contributed by atoms with E-state index in [1.54, 1.807) is 37.0 Å². The minimum atomic E-state index is -2.60. The molecule has 0 aromatic carbocycles. The Morgan fingerprint density at radius 1 is 0.724 bits per heavy atom. The lowest BCUT2D eigenvalue weighted by molar-refractivity contribution is 0.250. The molecule has 0 bridgehead atoms. The van der Waals surface area contributed by atoms with Gasteiger partial charge in [-0.05, 0) is 38.4 Å². The van der Waals surface area contributed by atoms with E-state index in [4.69, 9.17) is 25.3 Å². The van der Waals surface area contributed by atoms with E-state index in [2.05, 4.69) is 26.3 Å². The van der Waals surface area contributed by atoms with Crippen molar-refractivity contribution < 1.29 is 26.7 Å². The topological polar surface area (TPSA) is 55.4 Å². The fourth-order valence-electron chi connectivity index (χ4n) is 3.02. The molecule has 2 fully saturated rings. The van der Waals surface area contributed by atoms with Crippen LogP contribution in [0.4, 0.5) is 0 Å². The normalized spacial score (nSPS) is 39.2. The molecule has 0 saturated carbocycles. The van der Waals surface area contributed by atoms with Crippen LogP contribution in [-0.2, 0) is 25.3 Å². The van der Waals surface area contributed by atoms with Crippen LogP contribution in [0.25, 0.3) is 0 Å². The second kappa shape index (κ2) is 10.6. The Kier molecular flexibility index (Phi) is 9.98. The predicted molar refractivity (Wildman–Crippen MR) is 135 cm³/mol. The highest BCUT2D eigenvalue weighted by Gasteiger charge is 2.53. The van der Waals surface area contributed by atoms with Gasteiger partial charge in [-0.2, -0.15) is 0 Å². The summed E-state index contributed by atoms with van der Waals surface area (Å²) in [7, 11) is -8.54. The lowest BCUT2D eigenvalue weighted by atomic mass is 10.6. The summed E-state index contributed by atoms with van der Waals surface area (Å²) in [6.45, 7) is 23.2. The van der Waals surface area contributed by atoms with Gasteiger partial charge < -0.3 is 25.3 Å². The molecule has 0 aromatic rings. The number of hydrogen-bond donors (Lipinski definition) is 0. The molecule has 2 aliphatic rings. The minimum Gasteiger partial charge on any atom is -0.410 e. The average Bonchev–Trinajstić information content (AvgIpc) is 3.17. The summed E-state index contributed by atoms with van der Waals surface area (Å²) >= 11 is 1.88. The third-order valence-corrected chi connectivity index (χ3v) is 27.3. The quantitative estimate of drug-likeness (QED) is 0.472. The van der Waals surface area contributed by atoms with Gasteiger partial charge in [0.05, 0.1) is 0 Å². The van der Waals surface area contributed by atoms with Crippen LogP contribution in [0.15, 0.2) is 49.1 Å². The molecule has 0 unspecified atom stereocenters. The van der Waals surface area contributed by atoms with Crippen molar-refractivity contribution in [1.82, 2.24) is 0 Å². The van der Waals surface area contributed by atoms with Gasteiger partial charge in [0.2, 0.25) is 0 Å². The molecule has 6 nitrogen and oxygen atoms in total. The van der Waals surface area contributed by atoms with Gasteiger partial charge >= 0.3 is 42.0 Å². The SMILES string of the molecule is C=C[Si]1(C)O[Si](C)(C=C)O[Si](C)(C=C)O[Si](C)(C=C)O1.CO[Si]1(OC)CCCS1.[2HH]. The first-order valence-electron chi connectivity index (χ1n) is 9.49. The Morgan fingerprint density at radius 2 is 1.03 bits per heavy atom. The van der Waals surface area contributed by atoms with Crippen LogP contribution in [0.3, 0.4) is 0 Å². The van der Waals surface area contributed by atoms with Crippen molar-refractivity contribution >= 4 is 53.2 Å². The van der Waals surface area contributed by atoms with Crippen LogP contribution in [0.5, 0.6) is 0 Å². The van der Waals surface area contributed by atoms with Crippen LogP contribution in [0, 0.1) is 0 Å². The Bertz CT molecular complexity index is 525. The molecule has 2 rings (SSSR count). The van der Waals surface area contributed by atoms with Crippen molar-refractivity contribution in [3.8, 4) is 0 Å². The molecule has 0 amide bonds. The van der Waals surface area contributed by atoms with Crippen molar-refractivity contribution in [3.05, 3.63) is 49.1 Å². The Balaban J connectivity index is 0.000000704. The van der Waals surface area contributed by atoms with Gasteiger partial charge in [0.1, 0.15) is 0 Å². The monoisotopic (exact) mass is 511 g/mol. The van der Waals surface area contributed by atoms with E-state index >= 15 is 0 Å². The van der Waals surface area contributed by atoms with Crippen molar-refractivity contribution in [1.29, 1.82) is 0 Å².